The number of aromatic nitrogens is 2. The second-order valence-electron chi connectivity index (χ2n) is 5.83. The molecule has 0 spiro atoms. The van der Waals surface area contributed by atoms with Crippen LogP contribution in [0.4, 0.5) is 11.5 Å². The van der Waals surface area contributed by atoms with Gasteiger partial charge in [-0.1, -0.05) is 5.16 Å². The van der Waals surface area contributed by atoms with E-state index in [2.05, 4.69) is 15.1 Å². The average molecular weight is 313 g/mol. The smallest absolute Gasteiger partial charge is 0.142 e. The van der Waals surface area contributed by atoms with E-state index in [1.54, 1.807) is 13.2 Å². The van der Waals surface area contributed by atoms with Gasteiger partial charge in [0.25, 0.3) is 0 Å². The molecule has 1 aromatic heterocycles. The van der Waals surface area contributed by atoms with Crippen LogP contribution < -0.4 is 16.2 Å². The molecule has 1 aromatic carbocycles. The largest absolute Gasteiger partial charge is 0.495 e. The number of fused-ring (bicyclic) bond motifs is 3. The Morgan fingerprint density at radius 1 is 1.13 bits per heavy atom. The van der Waals surface area contributed by atoms with E-state index in [1.165, 1.54) is 13.4 Å². The summed E-state index contributed by atoms with van der Waals surface area (Å²) in [6.07, 6.45) is 1.45. The summed E-state index contributed by atoms with van der Waals surface area (Å²) in [6.45, 7) is 3.98. The van der Waals surface area contributed by atoms with Crippen molar-refractivity contribution in [2.24, 2.45) is 5.16 Å². The number of nitrogens with zero attached hydrogens (tertiary/aromatic N) is 3. The van der Waals surface area contributed by atoms with Crippen LogP contribution in [0.3, 0.4) is 0 Å². The van der Waals surface area contributed by atoms with Gasteiger partial charge in [-0.15, -0.1) is 0 Å². The van der Waals surface area contributed by atoms with Gasteiger partial charge in [-0.2, -0.15) is 0 Å². The third kappa shape index (κ3) is 2.00. The number of hydrogen-bond donors (Lipinski definition) is 2. The fourth-order valence-corrected chi connectivity index (χ4v) is 3.13. The third-order valence-corrected chi connectivity index (χ3v) is 4.19. The van der Waals surface area contributed by atoms with Gasteiger partial charge in [0.2, 0.25) is 0 Å². The molecule has 1 aliphatic rings. The van der Waals surface area contributed by atoms with Crippen LogP contribution in [0.15, 0.2) is 23.6 Å². The summed E-state index contributed by atoms with van der Waals surface area (Å²) in [4.78, 5) is 13.6. The maximum atomic E-state index is 6.32. The van der Waals surface area contributed by atoms with E-state index >= 15 is 0 Å². The highest BCUT2D eigenvalue weighted by atomic mass is 16.6. The lowest BCUT2D eigenvalue weighted by Crippen LogP contribution is -2.36. The summed E-state index contributed by atoms with van der Waals surface area (Å²) >= 11 is 0. The minimum absolute atomic E-state index is 0.420. The summed E-state index contributed by atoms with van der Waals surface area (Å²) in [7, 11) is 3.08. The number of ether oxygens (including phenoxy) is 1. The maximum Gasteiger partial charge on any atom is 0.142 e. The van der Waals surface area contributed by atoms with E-state index in [0.29, 0.717) is 23.0 Å². The van der Waals surface area contributed by atoms with Gasteiger partial charge in [-0.05, 0) is 26.0 Å². The van der Waals surface area contributed by atoms with Crippen molar-refractivity contribution < 1.29 is 9.57 Å². The second kappa shape index (κ2) is 5.12. The molecule has 0 saturated heterocycles. The lowest BCUT2D eigenvalue weighted by molar-refractivity contribution is 0.211. The fourth-order valence-electron chi connectivity index (χ4n) is 3.13. The molecule has 7 nitrogen and oxygen atoms in total. The summed E-state index contributed by atoms with van der Waals surface area (Å²) < 4.78 is 5.34. The first-order chi connectivity index (χ1) is 10.9. The minimum atomic E-state index is -0.565. The SMILES string of the molecule is CO/N=C1/c2c(ccc(OC)c2N)-c2ncnc(N)c2C1(C)C. The van der Waals surface area contributed by atoms with Gasteiger partial charge >= 0.3 is 0 Å². The van der Waals surface area contributed by atoms with Gasteiger partial charge in [-0.25, -0.2) is 9.97 Å². The lowest BCUT2D eigenvalue weighted by atomic mass is 9.70. The van der Waals surface area contributed by atoms with Gasteiger partial charge in [0.15, 0.2) is 0 Å². The molecule has 23 heavy (non-hydrogen) atoms. The molecule has 0 radical (unpaired) electrons. The van der Waals surface area contributed by atoms with E-state index in [-0.39, 0.29) is 0 Å². The Morgan fingerprint density at radius 3 is 2.52 bits per heavy atom. The minimum Gasteiger partial charge on any atom is -0.495 e. The summed E-state index contributed by atoms with van der Waals surface area (Å²) in [5.41, 5.74) is 16.2. The van der Waals surface area contributed by atoms with Crippen LogP contribution in [0.2, 0.25) is 0 Å². The summed E-state index contributed by atoms with van der Waals surface area (Å²) in [6, 6.07) is 3.70. The molecule has 0 saturated carbocycles. The molecule has 1 aliphatic carbocycles. The van der Waals surface area contributed by atoms with Crippen molar-refractivity contribution in [3.8, 4) is 17.0 Å². The predicted octanol–water partition coefficient (Wildman–Crippen LogP) is 1.96. The highest BCUT2D eigenvalue weighted by molar-refractivity contribution is 6.19. The highest BCUT2D eigenvalue weighted by Crippen LogP contribution is 2.47. The van der Waals surface area contributed by atoms with Crippen molar-refractivity contribution >= 4 is 17.2 Å². The molecule has 4 N–H and O–H groups in total. The number of hydrogen-bond acceptors (Lipinski definition) is 7. The normalized spacial score (nSPS) is 16.6. The topological polar surface area (TPSA) is 109 Å². The van der Waals surface area contributed by atoms with Crippen LogP contribution in [0, 0.1) is 0 Å². The number of nitrogen functional groups attached to an aromatic ring is 2. The predicted molar refractivity (Wildman–Crippen MR) is 89.4 cm³/mol. The molecule has 7 heteroatoms. The Hall–Kier alpha value is -2.83. The number of oxime groups is 1. The zero-order valence-corrected chi connectivity index (χ0v) is 13.5. The summed E-state index contributed by atoms with van der Waals surface area (Å²) in [5, 5.41) is 4.22. The van der Waals surface area contributed by atoms with Crippen LogP contribution >= 0.6 is 0 Å². The van der Waals surface area contributed by atoms with Crippen molar-refractivity contribution in [1.82, 2.24) is 9.97 Å². The van der Waals surface area contributed by atoms with E-state index in [0.717, 1.165) is 22.4 Å². The van der Waals surface area contributed by atoms with Crippen molar-refractivity contribution in [1.29, 1.82) is 0 Å². The molecule has 0 aliphatic heterocycles. The number of nitrogens with two attached hydrogens (primary N) is 2. The Balaban J connectivity index is 2.47. The van der Waals surface area contributed by atoms with E-state index in [9.17, 15) is 0 Å². The lowest BCUT2D eigenvalue weighted by Gasteiger charge is -2.35. The number of anilines is 2. The Kier molecular flexibility index (Phi) is 3.35. The molecule has 0 amide bonds. The van der Waals surface area contributed by atoms with Crippen LogP contribution in [0.5, 0.6) is 5.75 Å². The Bertz CT molecular complexity index is 814. The number of benzene rings is 1. The quantitative estimate of drug-likeness (QED) is 0.648. The molecule has 0 atom stereocenters. The number of rotatable bonds is 2. The Morgan fingerprint density at radius 2 is 1.87 bits per heavy atom. The maximum absolute atomic E-state index is 6.32. The van der Waals surface area contributed by atoms with Gasteiger partial charge < -0.3 is 21.0 Å². The van der Waals surface area contributed by atoms with E-state index in [4.69, 9.17) is 21.0 Å². The number of methoxy groups -OCH3 is 1. The van der Waals surface area contributed by atoms with Gasteiger partial charge in [0.05, 0.1) is 18.5 Å². The molecule has 1 heterocycles. The molecular formula is C16H19N5O2. The third-order valence-electron chi connectivity index (χ3n) is 4.19. The summed E-state index contributed by atoms with van der Waals surface area (Å²) in [5.74, 6) is 0.998. The van der Waals surface area contributed by atoms with Crippen molar-refractivity contribution in [2.75, 3.05) is 25.7 Å². The fraction of sp³-hybridized carbons (Fsp3) is 0.312. The first-order valence-electron chi connectivity index (χ1n) is 7.13. The average Bonchev–Trinajstić information content (AvgIpc) is 2.51. The zero-order valence-electron chi connectivity index (χ0n) is 13.5. The monoisotopic (exact) mass is 313 g/mol. The van der Waals surface area contributed by atoms with Gasteiger partial charge in [0.1, 0.15) is 30.7 Å². The second-order valence-corrected chi connectivity index (χ2v) is 5.83. The molecular weight excluding hydrogens is 294 g/mol. The van der Waals surface area contributed by atoms with Crippen molar-refractivity contribution in [3.63, 3.8) is 0 Å². The van der Waals surface area contributed by atoms with Gasteiger partial charge in [-0.3, -0.25) is 0 Å². The van der Waals surface area contributed by atoms with Gasteiger partial charge in [0, 0.05) is 22.1 Å². The molecule has 2 aromatic rings. The van der Waals surface area contributed by atoms with Crippen LogP contribution in [0.25, 0.3) is 11.3 Å². The van der Waals surface area contributed by atoms with Crippen LogP contribution in [-0.4, -0.2) is 29.9 Å². The standard InChI is InChI=1S/C16H19N5O2/c1-16(2)11-13(19-7-20-15(11)18)8-5-6-9(22-3)12(17)10(8)14(16)21-23-4/h5-7H,17H2,1-4H3,(H2,18,19,20)/b21-14-. The molecule has 120 valence electrons. The molecule has 0 bridgehead atoms. The molecule has 0 unspecified atom stereocenters. The van der Waals surface area contributed by atoms with Crippen LogP contribution in [-0.2, 0) is 10.3 Å². The van der Waals surface area contributed by atoms with Crippen LogP contribution in [0.1, 0.15) is 25.0 Å². The Labute approximate surface area is 134 Å². The molecule has 3 rings (SSSR count). The molecule has 0 fully saturated rings. The van der Waals surface area contributed by atoms with E-state index in [1.807, 2.05) is 19.9 Å². The van der Waals surface area contributed by atoms with Crippen molar-refractivity contribution in [3.05, 3.63) is 29.6 Å². The van der Waals surface area contributed by atoms with E-state index < -0.39 is 5.41 Å². The zero-order chi connectivity index (χ0) is 16.8. The first kappa shape index (κ1) is 15.1. The highest BCUT2D eigenvalue weighted by Gasteiger charge is 2.42. The first-order valence-corrected chi connectivity index (χ1v) is 7.13. The van der Waals surface area contributed by atoms with Crippen molar-refractivity contribution in [2.45, 2.75) is 19.3 Å².